The van der Waals surface area contributed by atoms with Crippen LogP contribution in [0.1, 0.15) is 23.1 Å². The second kappa shape index (κ2) is 9.23. The monoisotopic (exact) mass is 392 g/mol. The lowest BCUT2D eigenvalue weighted by atomic mass is 9.98. The molecule has 0 aliphatic carbocycles. The van der Waals surface area contributed by atoms with Crippen LogP contribution in [-0.2, 0) is 6.42 Å². The van der Waals surface area contributed by atoms with Crippen LogP contribution in [0.25, 0.3) is 28.2 Å². The second-order valence-electron chi connectivity index (χ2n) is 7.33. The van der Waals surface area contributed by atoms with Crippen LogP contribution in [0.2, 0.25) is 0 Å². The van der Waals surface area contributed by atoms with E-state index in [1.807, 2.05) is 73.7 Å². The van der Waals surface area contributed by atoms with E-state index in [4.69, 9.17) is 4.42 Å². The van der Waals surface area contributed by atoms with Gasteiger partial charge in [-0.3, -0.25) is 0 Å². The SMILES string of the molecule is Cc1ccc(-c2oc(=O)c3ccccc3c2C/C=C/C/C=C/c2ccccc2)cc1. The fourth-order valence-corrected chi connectivity index (χ4v) is 3.54. The number of fused-ring (bicyclic) bond motifs is 1. The number of rotatable bonds is 6. The van der Waals surface area contributed by atoms with Crippen molar-refractivity contribution < 1.29 is 4.42 Å². The topological polar surface area (TPSA) is 30.2 Å². The fraction of sp³-hybridized carbons (Fsp3) is 0.107. The van der Waals surface area contributed by atoms with Gasteiger partial charge in [0.1, 0.15) is 5.76 Å². The van der Waals surface area contributed by atoms with Gasteiger partial charge in [0.15, 0.2) is 0 Å². The van der Waals surface area contributed by atoms with E-state index >= 15 is 0 Å². The maximum absolute atomic E-state index is 12.5. The molecule has 0 atom stereocenters. The number of hydrogen-bond donors (Lipinski definition) is 0. The Morgan fingerprint density at radius 1 is 0.767 bits per heavy atom. The lowest BCUT2D eigenvalue weighted by Gasteiger charge is -2.10. The summed E-state index contributed by atoms with van der Waals surface area (Å²) in [7, 11) is 0. The molecule has 1 aromatic heterocycles. The summed E-state index contributed by atoms with van der Waals surface area (Å²) in [6, 6.07) is 26.1. The molecule has 0 unspecified atom stereocenters. The average Bonchev–Trinajstić information content (AvgIpc) is 2.78. The number of benzene rings is 3. The summed E-state index contributed by atoms with van der Waals surface area (Å²) in [5, 5.41) is 1.58. The highest BCUT2D eigenvalue weighted by Crippen LogP contribution is 2.29. The molecular formula is C28H24O2. The third-order valence-corrected chi connectivity index (χ3v) is 5.13. The van der Waals surface area contributed by atoms with Crippen LogP contribution < -0.4 is 5.63 Å². The zero-order chi connectivity index (χ0) is 20.8. The third kappa shape index (κ3) is 4.49. The Labute approximate surface area is 176 Å². The molecule has 0 aliphatic heterocycles. The van der Waals surface area contributed by atoms with Crippen LogP contribution in [0.5, 0.6) is 0 Å². The minimum Gasteiger partial charge on any atom is -0.422 e. The van der Waals surface area contributed by atoms with E-state index in [0.717, 1.165) is 22.9 Å². The van der Waals surface area contributed by atoms with Crippen molar-refractivity contribution >= 4 is 16.8 Å². The van der Waals surface area contributed by atoms with Crippen molar-refractivity contribution in [3.63, 3.8) is 0 Å². The largest absolute Gasteiger partial charge is 0.422 e. The van der Waals surface area contributed by atoms with Crippen molar-refractivity contribution in [2.24, 2.45) is 0 Å². The van der Waals surface area contributed by atoms with Gasteiger partial charge in [0.05, 0.1) is 5.39 Å². The summed E-state index contributed by atoms with van der Waals surface area (Å²) in [6.45, 7) is 2.05. The van der Waals surface area contributed by atoms with E-state index in [1.165, 1.54) is 11.1 Å². The highest BCUT2D eigenvalue weighted by atomic mass is 16.4. The van der Waals surface area contributed by atoms with Crippen molar-refractivity contribution in [2.45, 2.75) is 19.8 Å². The molecule has 4 aromatic rings. The van der Waals surface area contributed by atoms with Crippen LogP contribution in [0.15, 0.2) is 106 Å². The van der Waals surface area contributed by atoms with Crippen molar-refractivity contribution in [3.05, 3.63) is 124 Å². The average molecular weight is 392 g/mol. The minimum atomic E-state index is -0.292. The second-order valence-corrected chi connectivity index (χ2v) is 7.33. The van der Waals surface area contributed by atoms with Gasteiger partial charge in [-0.05, 0) is 36.8 Å². The molecule has 1 heterocycles. The first-order chi connectivity index (χ1) is 14.7. The summed E-state index contributed by atoms with van der Waals surface area (Å²) in [5.74, 6) is 0.656. The van der Waals surface area contributed by atoms with E-state index in [-0.39, 0.29) is 5.63 Å². The third-order valence-electron chi connectivity index (χ3n) is 5.13. The molecule has 0 bridgehead atoms. The zero-order valence-corrected chi connectivity index (χ0v) is 17.0. The molecular weight excluding hydrogens is 368 g/mol. The number of aryl methyl sites for hydroxylation is 1. The van der Waals surface area contributed by atoms with E-state index in [2.05, 4.69) is 36.4 Å². The van der Waals surface area contributed by atoms with Crippen molar-refractivity contribution in [1.29, 1.82) is 0 Å². The Balaban J connectivity index is 1.62. The van der Waals surface area contributed by atoms with E-state index in [1.54, 1.807) is 0 Å². The van der Waals surface area contributed by atoms with Crippen molar-refractivity contribution in [3.8, 4) is 11.3 Å². The van der Waals surface area contributed by atoms with Crippen LogP contribution in [0.4, 0.5) is 0 Å². The Kier molecular flexibility index (Phi) is 6.05. The standard InChI is InChI=1S/C28H24O2/c1-21-17-19-23(20-18-21)27-25(24-14-9-10-16-26(24)28(29)30-27)15-8-3-2-5-11-22-12-6-4-7-13-22/h3-14,16-20H,2,15H2,1H3/b8-3+,11-5+. The molecule has 148 valence electrons. The summed E-state index contributed by atoms with van der Waals surface area (Å²) < 4.78 is 5.78. The lowest BCUT2D eigenvalue weighted by molar-refractivity contribution is 0.530. The predicted octanol–water partition coefficient (Wildman–Crippen LogP) is 6.97. The molecule has 0 N–H and O–H groups in total. The fourth-order valence-electron chi connectivity index (χ4n) is 3.54. The molecule has 0 saturated heterocycles. The van der Waals surface area contributed by atoms with Gasteiger partial charge in [-0.1, -0.05) is 103 Å². The molecule has 2 heteroatoms. The van der Waals surface area contributed by atoms with Gasteiger partial charge >= 0.3 is 5.63 Å². The summed E-state index contributed by atoms with van der Waals surface area (Å²) in [4.78, 5) is 12.5. The summed E-state index contributed by atoms with van der Waals surface area (Å²) in [5.41, 5.74) is 4.05. The zero-order valence-electron chi connectivity index (χ0n) is 17.0. The van der Waals surface area contributed by atoms with Crippen LogP contribution >= 0.6 is 0 Å². The van der Waals surface area contributed by atoms with Gasteiger partial charge in [0.25, 0.3) is 0 Å². The quantitative estimate of drug-likeness (QED) is 0.332. The normalized spacial score (nSPS) is 11.6. The van der Waals surface area contributed by atoms with Crippen LogP contribution in [0.3, 0.4) is 0 Å². The Hall–Kier alpha value is -3.65. The molecule has 0 fully saturated rings. The maximum Gasteiger partial charge on any atom is 0.344 e. The van der Waals surface area contributed by atoms with Crippen LogP contribution in [0, 0.1) is 6.92 Å². The van der Waals surface area contributed by atoms with Gasteiger partial charge in [0.2, 0.25) is 0 Å². The number of allylic oxidation sites excluding steroid dienone is 3. The first-order valence-electron chi connectivity index (χ1n) is 10.2. The Morgan fingerprint density at radius 3 is 2.23 bits per heavy atom. The Morgan fingerprint density at radius 2 is 1.47 bits per heavy atom. The highest BCUT2D eigenvalue weighted by Gasteiger charge is 2.14. The van der Waals surface area contributed by atoms with Gasteiger partial charge in [-0.2, -0.15) is 0 Å². The maximum atomic E-state index is 12.5. The van der Waals surface area contributed by atoms with Gasteiger partial charge in [-0.25, -0.2) is 4.79 Å². The van der Waals surface area contributed by atoms with E-state index in [9.17, 15) is 4.79 Å². The molecule has 2 nitrogen and oxygen atoms in total. The van der Waals surface area contributed by atoms with Gasteiger partial charge in [-0.15, -0.1) is 0 Å². The lowest BCUT2D eigenvalue weighted by Crippen LogP contribution is -2.04. The number of hydrogen-bond acceptors (Lipinski definition) is 2. The molecule has 0 radical (unpaired) electrons. The molecule has 0 amide bonds. The molecule has 0 aliphatic rings. The first kappa shape index (κ1) is 19.7. The molecule has 0 saturated carbocycles. The van der Waals surface area contributed by atoms with Gasteiger partial charge in [0, 0.05) is 11.1 Å². The predicted molar refractivity (Wildman–Crippen MR) is 126 cm³/mol. The minimum absolute atomic E-state index is 0.292. The van der Waals surface area contributed by atoms with Crippen molar-refractivity contribution in [1.82, 2.24) is 0 Å². The molecule has 0 spiro atoms. The van der Waals surface area contributed by atoms with Crippen molar-refractivity contribution in [2.75, 3.05) is 0 Å². The Bertz CT molecular complexity index is 1240. The van der Waals surface area contributed by atoms with Gasteiger partial charge < -0.3 is 4.42 Å². The summed E-state index contributed by atoms with van der Waals surface area (Å²) >= 11 is 0. The highest BCUT2D eigenvalue weighted by molar-refractivity contribution is 5.88. The van der Waals surface area contributed by atoms with E-state index in [0.29, 0.717) is 17.6 Å². The smallest absolute Gasteiger partial charge is 0.344 e. The molecule has 3 aromatic carbocycles. The molecule has 30 heavy (non-hydrogen) atoms. The first-order valence-corrected chi connectivity index (χ1v) is 10.2. The molecule has 4 rings (SSSR count). The van der Waals surface area contributed by atoms with E-state index < -0.39 is 0 Å². The van der Waals surface area contributed by atoms with Crippen LogP contribution in [-0.4, -0.2) is 0 Å². The summed E-state index contributed by atoms with van der Waals surface area (Å²) in [6.07, 6.45) is 10.1.